The Hall–Kier alpha value is -1.69. The fraction of sp³-hybridized carbons (Fsp3) is 0.545. The normalized spacial score (nSPS) is 34.9. The van der Waals surface area contributed by atoms with Crippen molar-refractivity contribution in [3.8, 4) is 0 Å². The molecule has 0 bridgehead atoms. The quantitative estimate of drug-likeness (QED) is 0.781. The van der Waals surface area contributed by atoms with Crippen molar-refractivity contribution in [2.24, 2.45) is 11.1 Å². The van der Waals surface area contributed by atoms with Crippen LogP contribution >= 0.6 is 0 Å². The lowest BCUT2D eigenvalue weighted by Gasteiger charge is -2.37. The highest BCUT2D eigenvalue weighted by Gasteiger charge is 2.59. The van der Waals surface area contributed by atoms with Gasteiger partial charge in [-0.2, -0.15) is 9.61 Å². The number of aromatic nitrogens is 4. The summed E-state index contributed by atoms with van der Waals surface area (Å²) in [5, 5.41) is 7.64. The van der Waals surface area contributed by atoms with Gasteiger partial charge >= 0.3 is 0 Å². The van der Waals surface area contributed by atoms with Crippen molar-refractivity contribution in [1.29, 1.82) is 0 Å². The van der Waals surface area contributed by atoms with Crippen LogP contribution in [0.15, 0.2) is 18.7 Å². The summed E-state index contributed by atoms with van der Waals surface area (Å²) in [4.78, 5) is 8.27. The Morgan fingerprint density at radius 2 is 2.18 bits per heavy atom. The zero-order chi connectivity index (χ0) is 11.5. The van der Waals surface area contributed by atoms with Crippen molar-refractivity contribution in [2.75, 3.05) is 5.32 Å². The Morgan fingerprint density at radius 1 is 1.35 bits per heavy atom. The lowest BCUT2D eigenvalue weighted by atomic mass is 9.76. The number of hydrogen-bond donors (Lipinski definition) is 2. The van der Waals surface area contributed by atoms with E-state index in [9.17, 15) is 0 Å². The summed E-state index contributed by atoms with van der Waals surface area (Å²) < 4.78 is 1.78. The smallest absolute Gasteiger partial charge is 0.175 e. The van der Waals surface area contributed by atoms with Crippen LogP contribution in [0.2, 0.25) is 0 Å². The van der Waals surface area contributed by atoms with Crippen LogP contribution in [0.4, 0.5) is 5.82 Å². The van der Waals surface area contributed by atoms with E-state index < -0.39 is 0 Å². The van der Waals surface area contributed by atoms with E-state index in [1.165, 1.54) is 19.3 Å². The molecule has 0 radical (unpaired) electrons. The molecule has 1 atom stereocenters. The summed E-state index contributed by atoms with van der Waals surface area (Å²) in [6.07, 6.45) is 8.56. The van der Waals surface area contributed by atoms with E-state index in [1.54, 1.807) is 23.2 Å². The third-order valence-electron chi connectivity index (χ3n) is 4.10. The van der Waals surface area contributed by atoms with E-state index in [-0.39, 0.29) is 0 Å². The van der Waals surface area contributed by atoms with Crippen molar-refractivity contribution in [1.82, 2.24) is 19.6 Å². The summed E-state index contributed by atoms with van der Waals surface area (Å²) >= 11 is 0. The summed E-state index contributed by atoms with van der Waals surface area (Å²) in [6.45, 7) is 0. The Kier molecular flexibility index (Phi) is 1.62. The Labute approximate surface area is 98.2 Å². The van der Waals surface area contributed by atoms with Gasteiger partial charge in [-0.3, -0.25) is 4.98 Å². The Bertz CT molecular complexity index is 570. The fourth-order valence-electron chi connectivity index (χ4n) is 2.93. The molecule has 0 aliphatic heterocycles. The van der Waals surface area contributed by atoms with E-state index >= 15 is 0 Å². The van der Waals surface area contributed by atoms with Gasteiger partial charge in [0.2, 0.25) is 0 Å². The molecular weight excluding hydrogens is 216 g/mol. The number of anilines is 1. The second-order valence-electron chi connectivity index (χ2n) is 5.25. The summed E-state index contributed by atoms with van der Waals surface area (Å²) in [5.41, 5.74) is 7.15. The standard InChI is InChI=1S/C11H14N6/c12-8-3-11(8)1-7(2-11)16-10-5-13-4-9-14-6-15-17(9)10/h4-8,16H,1-3,12H2. The first-order chi connectivity index (χ1) is 8.27. The number of nitrogens with one attached hydrogen (secondary N) is 1. The fourth-order valence-corrected chi connectivity index (χ4v) is 2.93. The van der Waals surface area contributed by atoms with Gasteiger partial charge in [-0.15, -0.1) is 0 Å². The van der Waals surface area contributed by atoms with Gasteiger partial charge in [0.15, 0.2) is 5.65 Å². The molecule has 0 saturated heterocycles. The topological polar surface area (TPSA) is 81.1 Å². The van der Waals surface area contributed by atoms with Crippen LogP contribution in [0.3, 0.4) is 0 Å². The van der Waals surface area contributed by atoms with Crippen LogP contribution in [-0.2, 0) is 0 Å². The zero-order valence-corrected chi connectivity index (χ0v) is 9.37. The van der Waals surface area contributed by atoms with Crippen molar-refractivity contribution < 1.29 is 0 Å². The van der Waals surface area contributed by atoms with Gasteiger partial charge in [-0.25, -0.2) is 4.98 Å². The SMILES string of the molecule is NC1CC12CC(Nc1cncc3ncnn13)C2. The Morgan fingerprint density at radius 3 is 2.94 bits per heavy atom. The predicted molar refractivity (Wildman–Crippen MR) is 62.5 cm³/mol. The molecule has 2 saturated carbocycles. The lowest BCUT2D eigenvalue weighted by Crippen LogP contribution is -2.40. The number of rotatable bonds is 2. The van der Waals surface area contributed by atoms with Crippen molar-refractivity contribution in [3.63, 3.8) is 0 Å². The van der Waals surface area contributed by atoms with Crippen LogP contribution in [0, 0.1) is 5.41 Å². The molecule has 3 N–H and O–H groups in total. The second kappa shape index (κ2) is 2.95. The van der Waals surface area contributed by atoms with Crippen LogP contribution < -0.4 is 11.1 Å². The maximum Gasteiger partial charge on any atom is 0.175 e. The highest BCUT2D eigenvalue weighted by Crippen LogP contribution is 2.60. The van der Waals surface area contributed by atoms with E-state index in [4.69, 9.17) is 5.73 Å². The summed E-state index contributed by atoms with van der Waals surface area (Å²) in [6, 6.07) is 0.931. The van der Waals surface area contributed by atoms with Crippen LogP contribution in [0.1, 0.15) is 19.3 Å². The first kappa shape index (κ1) is 9.35. The summed E-state index contributed by atoms with van der Waals surface area (Å²) in [5.74, 6) is 0.911. The minimum absolute atomic E-state index is 0.431. The van der Waals surface area contributed by atoms with E-state index in [1.807, 2.05) is 0 Å². The predicted octanol–water partition coefficient (Wildman–Crippen LogP) is 0.416. The van der Waals surface area contributed by atoms with Gasteiger partial charge in [0.1, 0.15) is 12.1 Å². The highest BCUT2D eigenvalue weighted by atomic mass is 15.3. The number of hydrogen-bond acceptors (Lipinski definition) is 5. The van der Waals surface area contributed by atoms with Crippen molar-refractivity contribution in [3.05, 3.63) is 18.7 Å². The number of nitrogens with two attached hydrogens (primary N) is 1. The lowest BCUT2D eigenvalue weighted by molar-refractivity contribution is 0.246. The van der Waals surface area contributed by atoms with E-state index in [0.717, 1.165) is 11.5 Å². The molecule has 0 amide bonds. The monoisotopic (exact) mass is 230 g/mol. The minimum atomic E-state index is 0.431. The van der Waals surface area contributed by atoms with Crippen LogP contribution in [0.25, 0.3) is 5.65 Å². The van der Waals surface area contributed by atoms with Gasteiger partial charge in [-0.05, 0) is 24.7 Å². The molecule has 88 valence electrons. The zero-order valence-electron chi connectivity index (χ0n) is 9.37. The molecular formula is C11H14N6. The molecule has 6 nitrogen and oxygen atoms in total. The second-order valence-corrected chi connectivity index (χ2v) is 5.25. The number of fused-ring (bicyclic) bond motifs is 1. The van der Waals surface area contributed by atoms with Gasteiger partial charge in [0, 0.05) is 12.1 Å². The average Bonchev–Trinajstić information content (AvgIpc) is 2.76. The summed E-state index contributed by atoms with van der Waals surface area (Å²) in [7, 11) is 0. The maximum atomic E-state index is 5.92. The Balaban J connectivity index is 1.54. The van der Waals surface area contributed by atoms with Gasteiger partial charge in [0.25, 0.3) is 0 Å². The minimum Gasteiger partial charge on any atom is -0.366 e. The van der Waals surface area contributed by atoms with Crippen LogP contribution in [0.5, 0.6) is 0 Å². The van der Waals surface area contributed by atoms with Crippen LogP contribution in [-0.4, -0.2) is 31.7 Å². The molecule has 1 unspecified atom stereocenters. The maximum absolute atomic E-state index is 5.92. The van der Waals surface area contributed by atoms with Crippen molar-refractivity contribution in [2.45, 2.75) is 31.3 Å². The molecule has 2 fully saturated rings. The molecule has 0 aromatic carbocycles. The van der Waals surface area contributed by atoms with E-state index in [0.29, 0.717) is 17.5 Å². The molecule has 6 heteroatoms. The van der Waals surface area contributed by atoms with Crippen molar-refractivity contribution >= 4 is 11.5 Å². The average molecular weight is 230 g/mol. The van der Waals surface area contributed by atoms with E-state index in [2.05, 4.69) is 20.4 Å². The van der Waals surface area contributed by atoms with Gasteiger partial charge in [0.05, 0.1) is 12.4 Å². The molecule has 2 heterocycles. The van der Waals surface area contributed by atoms with Gasteiger partial charge < -0.3 is 11.1 Å². The molecule has 1 spiro atoms. The largest absolute Gasteiger partial charge is 0.366 e. The highest BCUT2D eigenvalue weighted by molar-refractivity contribution is 5.45. The third kappa shape index (κ3) is 1.27. The third-order valence-corrected chi connectivity index (χ3v) is 4.10. The molecule has 17 heavy (non-hydrogen) atoms. The first-order valence-electron chi connectivity index (χ1n) is 5.93. The molecule has 2 aliphatic rings. The molecule has 2 aromatic rings. The molecule has 2 aromatic heterocycles. The molecule has 4 rings (SSSR count). The van der Waals surface area contributed by atoms with Gasteiger partial charge in [-0.1, -0.05) is 0 Å². The number of nitrogens with zero attached hydrogens (tertiary/aromatic N) is 4. The molecule has 2 aliphatic carbocycles. The first-order valence-corrected chi connectivity index (χ1v) is 5.93.